The lowest BCUT2D eigenvalue weighted by Gasteiger charge is -2.21. The van der Waals surface area contributed by atoms with Crippen LogP contribution in [0.4, 0.5) is 0 Å². The van der Waals surface area contributed by atoms with Crippen LogP contribution in [0.1, 0.15) is 28.9 Å². The van der Waals surface area contributed by atoms with Crippen LogP contribution in [0.5, 0.6) is 0 Å². The molecule has 3 aromatic heterocycles. The Bertz CT molecular complexity index is 923. The zero-order valence-electron chi connectivity index (χ0n) is 12.5. The van der Waals surface area contributed by atoms with Crippen molar-refractivity contribution in [1.82, 2.24) is 19.3 Å². The molecule has 1 aliphatic rings. The Kier molecular flexibility index (Phi) is 3.22. The Balaban J connectivity index is 1.68. The highest BCUT2D eigenvalue weighted by Gasteiger charge is 2.34. The maximum atomic E-state index is 12.8. The minimum absolute atomic E-state index is 0.188. The SMILES string of the molecule is O=C(c1ccc[nH]c1=O)N(Cc1cnc2ccccn12)C1CC1. The number of carbonyl (C=O) groups excluding carboxylic acids is 1. The van der Waals surface area contributed by atoms with E-state index in [4.69, 9.17) is 0 Å². The molecule has 1 N–H and O–H groups in total. The minimum atomic E-state index is -0.346. The van der Waals surface area contributed by atoms with E-state index in [1.165, 1.54) is 6.20 Å². The number of aromatic nitrogens is 3. The lowest BCUT2D eigenvalue weighted by molar-refractivity contribution is 0.0725. The molecule has 0 atom stereocenters. The van der Waals surface area contributed by atoms with Gasteiger partial charge in [0, 0.05) is 18.4 Å². The Labute approximate surface area is 132 Å². The Morgan fingerprint density at radius 3 is 2.96 bits per heavy atom. The molecule has 116 valence electrons. The fraction of sp³-hybridized carbons (Fsp3) is 0.235. The summed E-state index contributed by atoms with van der Waals surface area (Å²) >= 11 is 0. The normalized spacial score (nSPS) is 14.1. The van der Waals surface area contributed by atoms with Crippen molar-refractivity contribution in [3.05, 3.63) is 70.5 Å². The van der Waals surface area contributed by atoms with E-state index in [-0.39, 0.29) is 23.1 Å². The molecule has 0 bridgehead atoms. The first-order valence-corrected chi connectivity index (χ1v) is 7.63. The van der Waals surface area contributed by atoms with E-state index in [0.717, 1.165) is 24.2 Å². The number of hydrogen-bond acceptors (Lipinski definition) is 3. The van der Waals surface area contributed by atoms with Crippen molar-refractivity contribution in [3.63, 3.8) is 0 Å². The van der Waals surface area contributed by atoms with Gasteiger partial charge in [-0.15, -0.1) is 0 Å². The molecule has 0 radical (unpaired) electrons. The Morgan fingerprint density at radius 2 is 2.17 bits per heavy atom. The van der Waals surface area contributed by atoms with Crippen LogP contribution in [0.3, 0.4) is 0 Å². The number of rotatable bonds is 4. The summed E-state index contributed by atoms with van der Waals surface area (Å²) in [7, 11) is 0. The van der Waals surface area contributed by atoms with Crippen LogP contribution in [-0.4, -0.2) is 31.2 Å². The summed E-state index contributed by atoms with van der Waals surface area (Å²) in [6, 6.07) is 9.24. The van der Waals surface area contributed by atoms with Crippen molar-refractivity contribution in [2.24, 2.45) is 0 Å². The highest BCUT2D eigenvalue weighted by atomic mass is 16.2. The molecule has 1 fully saturated rings. The van der Waals surface area contributed by atoms with E-state index in [1.54, 1.807) is 23.2 Å². The van der Waals surface area contributed by atoms with Gasteiger partial charge >= 0.3 is 0 Å². The lowest BCUT2D eigenvalue weighted by Crippen LogP contribution is -2.36. The highest BCUT2D eigenvalue weighted by Crippen LogP contribution is 2.29. The molecule has 0 unspecified atom stereocenters. The monoisotopic (exact) mass is 308 g/mol. The second kappa shape index (κ2) is 5.39. The van der Waals surface area contributed by atoms with Gasteiger partial charge in [-0.2, -0.15) is 0 Å². The number of nitrogens with one attached hydrogen (secondary N) is 1. The smallest absolute Gasteiger partial charge is 0.260 e. The summed E-state index contributed by atoms with van der Waals surface area (Å²) in [6.45, 7) is 0.447. The zero-order valence-corrected chi connectivity index (χ0v) is 12.5. The molecule has 0 aromatic carbocycles. The predicted molar refractivity (Wildman–Crippen MR) is 85.2 cm³/mol. The summed E-state index contributed by atoms with van der Waals surface area (Å²) in [5.74, 6) is -0.222. The van der Waals surface area contributed by atoms with Crippen LogP contribution in [0, 0.1) is 0 Å². The molecule has 1 amide bonds. The summed E-state index contributed by atoms with van der Waals surface area (Å²) in [5, 5.41) is 0. The number of aromatic amines is 1. The number of pyridine rings is 2. The van der Waals surface area contributed by atoms with Crippen molar-refractivity contribution in [2.45, 2.75) is 25.4 Å². The van der Waals surface area contributed by atoms with Crippen LogP contribution < -0.4 is 5.56 Å². The summed E-state index contributed by atoms with van der Waals surface area (Å²) < 4.78 is 1.97. The molecule has 3 aromatic rings. The number of hydrogen-bond donors (Lipinski definition) is 1. The third-order valence-corrected chi connectivity index (χ3v) is 4.12. The number of H-pyrrole nitrogens is 1. The molecule has 3 heterocycles. The van der Waals surface area contributed by atoms with Crippen LogP contribution in [-0.2, 0) is 6.54 Å². The first-order chi connectivity index (χ1) is 11.2. The number of amides is 1. The average Bonchev–Trinajstić information content (AvgIpc) is 3.33. The van der Waals surface area contributed by atoms with E-state index in [2.05, 4.69) is 9.97 Å². The standard InChI is InChI=1S/C17H16N4O2/c22-16-14(4-3-8-18-16)17(23)21(12-6-7-12)11-13-10-19-15-5-1-2-9-20(13)15/h1-5,8-10,12H,6-7,11H2,(H,18,22). The number of imidazole rings is 1. The lowest BCUT2D eigenvalue weighted by atomic mass is 10.2. The maximum Gasteiger partial charge on any atom is 0.260 e. The number of fused-ring (bicyclic) bond motifs is 1. The third-order valence-electron chi connectivity index (χ3n) is 4.12. The predicted octanol–water partition coefficient (Wildman–Crippen LogP) is 1.83. The molecule has 4 rings (SSSR count). The van der Waals surface area contributed by atoms with Crippen LogP contribution in [0.25, 0.3) is 5.65 Å². The van der Waals surface area contributed by atoms with Gasteiger partial charge in [0.15, 0.2) is 0 Å². The molecule has 0 saturated heterocycles. The fourth-order valence-corrected chi connectivity index (χ4v) is 2.77. The van der Waals surface area contributed by atoms with Gasteiger partial charge in [-0.1, -0.05) is 6.07 Å². The second-order valence-electron chi connectivity index (χ2n) is 5.76. The van der Waals surface area contributed by atoms with Crippen molar-refractivity contribution in [1.29, 1.82) is 0 Å². The fourth-order valence-electron chi connectivity index (χ4n) is 2.77. The van der Waals surface area contributed by atoms with E-state index in [0.29, 0.717) is 6.54 Å². The number of nitrogens with zero attached hydrogens (tertiary/aromatic N) is 3. The first kappa shape index (κ1) is 13.8. The summed E-state index contributed by atoms with van der Waals surface area (Å²) in [5.41, 5.74) is 1.63. The van der Waals surface area contributed by atoms with Crippen molar-refractivity contribution >= 4 is 11.6 Å². The summed E-state index contributed by atoms with van der Waals surface area (Å²) in [6.07, 6.45) is 7.21. The van der Waals surface area contributed by atoms with E-state index in [1.807, 2.05) is 28.8 Å². The quantitative estimate of drug-likeness (QED) is 0.799. The molecular formula is C17H16N4O2. The maximum absolute atomic E-state index is 12.8. The third kappa shape index (κ3) is 2.52. The van der Waals surface area contributed by atoms with Gasteiger partial charge in [0.25, 0.3) is 11.5 Å². The van der Waals surface area contributed by atoms with Gasteiger partial charge in [0.2, 0.25) is 0 Å². The highest BCUT2D eigenvalue weighted by molar-refractivity contribution is 5.94. The first-order valence-electron chi connectivity index (χ1n) is 7.63. The van der Waals surface area contributed by atoms with E-state index < -0.39 is 0 Å². The van der Waals surface area contributed by atoms with Gasteiger partial charge in [-0.05, 0) is 37.1 Å². The van der Waals surface area contributed by atoms with E-state index in [9.17, 15) is 9.59 Å². The van der Waals surface area contributed by atoms with Gasteiger partial charge in [-0.3, -0.25) is 9.59 Å². The van der Waals surface area contributed by atoms with Crippen molar-refractivity contribution < 1.29 is 4.79 Å². The average molecular weight is 308 g/mol. The minimum Gasteiger partial charge on any atom is -0.330 e. The van der Waals surface area contributed by atoms with Gasteiger partial charge in [0.05, 0.1) is 18.4 Å². The molecule has 1 saturated carbocycles. The molecule has 6 heteroatoms. The van der Waals surface area contributed by atoms with Crippen LogP contribution in [0.15, 0.2) is 53.7 Å². The molecular weight excluding hydrogens is 292 g/mol. The van der Waals surface area contributed by atoms with Crippen LogP contribution in [0.2, 0.25) is 0 Å². The molecule has 6 nitrogen and oxygen atoms in total. The summed E-state index contributed by atoms with van der Waals surface area (Å²) in [4.78, 5) is 33.4. The largest absolute Gasteiger partial charge is 0.330 e. The van der Waals surface area contributed by atoms with Crippen molar-refractivity contribution in [2.75, 3.05) is 0 Å². The van der Waals surface area contributed by atoms with Gasteiger partial charge in [-0.25, -0.2) is 4.98 Å². The second-order valence-corrected chi connectivity index (χ2v) is 5.76. The van der Waals surface area contributed by atoms with E-state index >= 15 is 0 Å². The molecule has 23 heavy (non-hydrogen) atoms. The molecule has 1 aliphatic carbocycles. The Hall–Kier alpha value is -2.89. The van der Waals surface area contributed by atoms with Gasteiger partial charge in [0.1, 0.15) is 11.2 Å². The Morgan fingerprint density at radius 1 is 1.30 bits per heavy atom. The zero-order chi connectivity index (χ0) is 15.8. The van der Waals surface area contributed by atoms with Gasteiger partial charge < -0.3 is 14.3 Å². The number of carbonyl (C=O) groups is 1. The van der Waals surface area contributed by atoms with Crippen molar-refractivity contribution in [3.8, 4) is 0 Å². The molecule has 0 spiro atoms. The molecule has 0 aliphatic heterocycles. The topological polar surface area (TPSA) is 70.5 Å². The van der Waals surface area contributed by atoms with Crippen LogP contribution >= 0.6 is 0 Å².